The number of nitrogen functional groups attached to an aromatic ring is 1. The molecule has 1 aromatic heterocycles. The van der Waals surface area contributed by atoms with Gasteiger partial charge in [-0.05, 0) is 52.3 Å². The Labute approximate surface area is 129 Å². The summed E-state index contributed by atoms with van der Waals surface area (Å²) in [6.45, 7) is 0. The van der Waals surface area contributed by atoms with Gasteiger partial charge in [-0.3, -0.25) is 4.98 Å². The summed E-state index contributed by atoms with van der Waals surface area (Å²) in [6, 6.07) is 13.3. The van der Waals surface area contributed by atoms with E-state index in [4.69, 9.17) is 17.3 Å². The van der Waals surface area contributed by atoms with Crippen molar-refractivity contribution < 1.29 is 0 Å². The molecule has 0 amide bonds. The number of anilines is 3. The Kier molecular flexibility index (Phi) is 3.51. The summed E-state index contributed by atoms with van der Waals surface area (Å²) in [5.74, 6) is 0. The zero-order chi connectivity index (χ0) is 14.1. The van der Waals surface area contributed by atoms with Gasteiger partial charge in [0, 0.05) is 11.6 Å². The average Bonchev–Trinajstić information content (AvgIpc) is 2.47. The molecule has 0 aliphatic heterocycles. The van der Waals surface area contributed by atoms with Crippen LogP contribution in [0.1, 0.15) is 0 Å². The van der Waals surface area contributed by atoms with Gasteiger partial charge in [0.1, 0.15) is 0 Å². The van der Waals surface area contributed by atoms with Crippen LogP contribution in [0.4, 0.5) is 17.1 Å². The van der Waals surface area contributed by atoms with E-state index in [2.05, 4.69) is 26.2 Å². The van der Waals surface area contributed by atoms with Gasteiger partial charge in [-0.2, -0.15) is 0 Å². The van der Waals surface area contributed by atoms with E-state index in [1.165, 1.54) is 0 Å². The molecule has 0 bridgehead atoms. The number of hydrogen-bond acceptors (Lipinski definition) is 3. The maximum absolute atomic E-state index is 6.20. The largest absolute Gasteiger partial charge is 0.396 e. The van der Waals surface area contributed by atoms with E-state index in [1.807, 2.05) is 42.5 Å². The second-order valence-electron chi connectivity index (χ2n) is 4.32. The van der Waals surface area contributed by atoms with Gasteiger partial charge in [-0.1, -0.05) is 17.7 Å². The lowest BCUT2D eigenvalue weighted by Gasteiger charge is -2.13. The fourth-order valence-corrected chi connectivity index (χ4v) is 2.57. The first-order chi connectivity index (χ1) is 9.66. The van der Waals surface area contributed by atoms with Crippen LogP contribution in [0.25, 0.3) is 10.9 Å². The van der Waals surface area contributed by atoms with Crippen LogP contribution in [0.3, 0.4) is 0 Å². The van der Waals surface area contributed by atoms with Crippen molar-refractivity contribution in [2.45, 2.75) is 0 Å². The predicted octanol–water partition coefficient (Wildman–Crippen LogP) is 4.98. The number of pyridine rings is 1. The van der Waals surface area contributed by atoms with E-state index < -0.39 is 0 Å². The normalized spacial score (nSPS) is 10.7. The average molecular weight is 349 g/mol. The molecule has 3 aromatic rings. The molecule has 0 aliphatic carbocycles. The molecule has 3 nitrogen and oxygen atoms in total. The molecular formula is C15H11BrClN3. The van der Waals surface area contributed by atoms with E-state index in [1.54, 1.807) is 6.20 Å². The van der Waals surface area contributed by atoms with Crippen LogP contribution >= 0.6 is 27.5 Å². The molecule has 3 rings (SSSR count). The zero-order valence-electron chi connectivity index (χ0n) is 10.4. The van der Waals surface area contributed by atoms with Crippen molar-refractivity contribution in [3.63, 3.8) is 0 Å². The van der Waals surface area contributed by atoms with Gasteiger partial charge in [0.25, 0.3) is 0 Å². The van der Waals surface area contributed by atoms with Gasteiger partial charge in [-0.15, -0.1) is 0 Å². The van der Waals surface area contributed by atoms with Crippen LogP contribution in [0, 0.1) is 0 Å². The molecule has 0 saturated heterocycles. The lowest BCUT2D eigenvalue weighted by molar-refractivity contribution is 1.41. The molecule has 0 unspecified atom stereocenters. The van der Waals surface area contributed by atoms with Gasteiger partial charge in [-0.25, -0.2) is 0 Å². The summed E-state index contributed by atoms with van der Waals surface area (Å²) in [4.78, 5) is 4.28. The summed E-state index contributed by atoms with van der Waals surface area (Å²) < 4.78 is 0.812. The summed E-state index contributed by atoms with van der Waals surface area (Å²) >= 11 is 9.55. The van der Waals surface area contributed by atoms with Crippen molar-refractivity contribution in [1.82, 2.24) is 4.98 Å². The highest BCUT2D eigenvalue weighted by Gasteiger charge is 2.08. The number of rotatable bonds is 2. The van der Waals surface area contributed by atoms with Crippen molar-refractivity contribution in [2.24, 2.45) is 0 Å². The minimum Gasteiger partial charge on any atom is -0.396 e. The SMILES string of the molecule is Nc1c(Nc2cccc(Cl)c2Br)ccc2ncccc12. The standard InChI is InChI=1S/C15H11BrClN3/c16-14-10(17)4-1-5-12(14)20-13-7-6-11-9(15(13)18)3-2-8-19-11/h1-8,20H,18H2. The Morgan fingerprint density at radius 1 is 1.05 bits per heavy atom. The first-order valence-electron chi connectivity index (χ1n) is 6.01. The molecule has 1 heterocycles. The van der Waals surface area contributed by atoms with Gasteiger partial charge in [0.2, 0.25) is 0 Å². The van der Waals surface area contributed by atoms with Gasteiger partial charge in [0.15, 0.2) is 0 Å². The van der Waals surface area contributed by atoms with E-state index in [9.17, 15) is 0 Å². The number of aromatic nitrogens is 1. The topological polar surface area (TPSA) is 50.9 Å². The predicted molar refractivity (Wildman–Crippen MR) is 88.6 cm³/mol. The lowest BCUT2D eigenvalue weighted by atomic mass is 10.1. The summed E-state index contributed by atoms with van der Waals surface area (Å²) in [5.41, 5.74) is 9.44. The Bertz CT molecular complexity index is 789. The zero-order valence-corrected chi connectivity index (χ0v) is 12.7. The fraction of sp³-hybridized carbons (Fsp3) is 0. The highest BCUT2D eigenvalue weighted by molar-refractivity contribution is 9.10. The smallest absolute Gasteiger partial charge is 0.0724 e. The Hall–Kier alpha value is -1.78. The first-order valence-corrected chi connectivity index (χ1v) is 7.18. The van der Waals surface area contributed by atoms with Crippen molar-refractivity contribution in [3.8, 4) is 0 Å². The van der Waals surface area contributed by atoms with Crippen molar-refractivity contribution >= 4 is 55.5 Å². The minimum absolute atomic E-state index is 0.649. The third kappa shape index (κ3) is 2.32. The van der Waals surface area contributed by atoms with Gasteiger partial charge >= 0.3 is 0 Å². The van der Waals surface area contributed by atoms with Crippen molar-refractivity contribution in [1.29, 1.82) is 0 Å². The van der Waals surface area contributed by atoms with E-state index in [0.29, 0.717) is 10.7 Å². The van der Waals surface area contributed by atoms with Crippen molar-refractivity contribution in [3.05, 3.63) is 58.2 Å². The fourth-order valence-electron chi connectivity index (χ4n) is 2.03. The molecule has 0 radical (unpaired) electrons. The second kappa shape index (κ2) is 5.31. The van der Waals surface area contributed by atoms with Crippen LogP contribution in [0.15, 0.2) is 53.1 Å². The van der Waals surface area contributed by atoms with E-state index in [-0.39, 0.29) is 0 Å². The maximum atomic E-state index is 6.20. The van der Waals surface area contributed by atoms with Crippen LogP contribution < -0.4 is 11.1 Å². The molecule has 0 atom stereocenters. The van der Waals surface area contributed by atoms with Crippen LogP contribution in [0.2, 0.25) is 5.02 Å². The monoisotopic (exact) mass is 347 g/mol. The molecule has 100 valence electrons. The van der Waals surface area contributed by atoms with Gasteiger partial charge < -0.3 is 11.1 Å². The van der Waals surface area contributed by atoms with Crippen molar-refractivity contribution in [2.75, 3.05) is 11.1 Å². The highest BCUT2D eigenvalue weighted by Crippen LogP contribution is 2.35. The van der Waals surface area contributed by atoms with E-state index in [0.717, 1.165) is 26.8 Å². The number of benzene rings is 2. The number of nitrogens with zero attached hydrogens (tertiary/aromatic N) is 1. The molecule has 0 saturated carbocycles. The molecule has 0 fully saturated rings. The number of nitrogens with one attached hydrogen (secondary N) is 1. The highest BCUT2D eigenvalue weighted by atomic mass is 79.9. The van der Waals surface area contributed by atoms with Gasteiger partial charge in [0.05, 0.1) is 32.1 Å². The maximum Gasteiger partial charge on any atom is 0.0724 e. The molecule has 0 aliphatic rings. The quantitative estimate of drug-likeness (QED) is 0.642. The Morgan fingerprint density at radius 3 is 2.75 bits per heavy atom. The Balaban J connectivity index is 2.07. The van der Waals surface area contributed by atoms with Crippen LogP contribution in [-0.4, -0.2) is 4.98 Å². The first kappa shape index (κ1) is 13.2. The summed E-state index contributed by atoms with van der Waals surface area (Å²) in [7, 11) is 0. The third-order valence-electron chi connectivity index (χ3n) is 3.05. The number of nitrogens with two attached hydrogens (primary N) is 1. The number of fused-ring (bicyclic) bond motifs is 1. The summed E-state index contributed by atoms with van der Waals surface area (Å²) in [6.07, 6.45) is 1.75. The molecule has 3 N–H and O–H groups in total. The molecule has 5 heteroatoms. The number of hydrogen-bond donors (Lipinski definition) is 2. The second-order valence-corrected chi connectivity index (χ2v) is 5.52. The lowest BCUT2D eigenvalue weighted by Crippen LogP contribution is -1.98. The minimum atomic E-state index is 0.649. The van der Waals surface area contributed by atoms with Crippen LogP contribution in [-0.2, 0) is 0 Å². The van der Waals surface area contributed by atoms with Crippen LogP contribution in [0.5, 0.6) is 0 Å². The molecule has 2 aromatic carbocycles. The Morgan fingerprint density at radius 2 is 1.90 bits per heavy atom. The van der Waals surface area contributed by atoms with E-state index >= 15 is 0 Å². The number of halogens is 2. The molecular weight excluding hydrogens is 338 g/mol. The molecule has 20 heavy (non-hydrogen) atoms. The third-order valence-corrected chi connectivity index (χ3v) is 4.45. The molecule has 0 spiro atoms. The summed E-state index contributed by atoms with van der Waals surface area (Å²) in [5, 5.41) is 4.86.